The van der Waals surface area contributed by atoms with Crippen molar-refractivity contribution in [1.29, 1.82) is 0 Å². The van der Waals surface area contributed by atoms with Gasteiger partial charge < -0.3 is 14.5 Å². The normalized spacial score (nSPS) is 18.4. The molecule has 1 amide bonds. The van der Waals surface area contributed by atoms with Gasteiger partial charge in [0.2, 0.25) is 5.95 Å². The summed E-state index contributed by atoms with van der Waals surface area (Å²) >= 11 is 6.26. The summed E-state index contributed by atoms with van der Waals surface area (Å²) in [5, 5.41) is 17.7. The molecule has 6 rings (SSSR count). The van der Waals surface area contributed by atoms with Gasteiger partial charge in [-0.3, -0.25) is 9.47 Å². The minimum absolute atomic E-state index is 0.232. The van der Waals surface area contributed by atoms with Crippen LogP contribution in [0.2, 0.25) is 5.02 Å². The van der Waals surface area contributed by atoms with Crippen molar-refractivity contribution in [2.24, 2.45) is 5.41 Å². The first-order valence-electron chi connectivity index (χ1n) is 10.4. The second-order valence-corrected chi connectivity index (χ2v) is 9.08. The molecule has 2 saturated heterocycles. The number of nitrogens with zero attached hydrogens (tertiary/aromatic N) is 8. The van der Waals surface area contributed by atoms with Gasteiger partial charge in [0.05, 0.1) is 25.9 Å². The fourth-order valence-electron chi connectivity index (χ4n) is 4.94. The minimum Gasteiger partial charge on any atom is -0.453 e. The van der Waals surface area contributed by atoms with Crippen molar-refractivity contribution >= 4 is 29.5 Å². The molecule has 10 nitrogen and oxygen atoms in total. The number of benzene rings is 1. The summed E-state index contributed by atoms with van der Waals surface area (Å²) in [6.07, 6.45) is 1.28. The van der Waals surface area contributed by atoms with E-state index in [2.05, 4.69) is 30.2 Å². The van der Waals surface area contributed by atoms with Gasteiger partial charge in [0.1, 0.15) is 0 Å². The Kier molecular flexibility index (Phi) is 4.26. The molecule has 164 valence electrons. The number of carbonyl (C=O) groups excluding carboxylic acids is 1. The number of hydrogen-bond donors (Lipinski definition) is 0. The highest BCUT2D eigenvalue weighted by molar-refractivity contribution is 6.30. The second kappa shape index (κ2) is 7.06. The van der Waals surface area contributed by atoms with E-state index in [0.29, 0.717) is 23.9 Å². The van der Waals surface area contributed by atoms with Crippen LogP contribution in [-0.4, -0.2) is 69.2 Å². The third kappa shape index (κ3) is 2.97. The first kappa shape index (κ1) is 19.3. The summed E-state index contributed by atoms with van der Waals surface area (Å²) in [5.74, 6) is 2.41. The Morgan fingerprint density at radius 1 is 1.06 bits per heavy atom. The molecule has 2 aromatic heterocycles. The molecule has 0 radical (unpaired) electrons. The number of carbonyl (C=O) groups is 1. The van der Waals surface area contributed by atoms with Crippen LogP contribution >= 0.6 is 11.6 Å². The molecule has 11 heteroatoms. The first-order valence-corrected chi connectivity index (χ1v) is 10.8. The lowest BCUT2D eigenvalue weighted by Crippen LogP contribution is -2.73. The molecule has 5 heterocycles. The van der Waals surface area contributed by atoms with Crippen LogP contribution in [0, 0.1) is 5.41 Å². The third-order valence-electron chi connectivity index (χ3n) is 6.39. The average Bonchev–Trinajstić information content (AvgIpc) is 3.07. The summed E-state index contributed by atoms with van der Waals surface area (Å²) in [4.78, 5) is 18.4. The number of rotatable bonds is 2. The van der Waals surface area contributed by atoms with E-state index in [1.54, 1.807) is 11.1 Å². The molecule has 32 heavy (non-hydrogen) atoms. The lowest BCUT2D eigenvalue weighted by molar-refractivity contribution is 0.117. The number of hydrogen-bond acceptors (Lipinski definition) is 8. The number of halogens is 1. The number of ether oxygens (including phenoxy) is 1. The van der Waals surface area contributed by atoms with E-state index in [4.69, 9.17) is 16.3 Å². The molecule has 2 fully saturated rings. The molecule has 3 aliphatic rings. The van der Waals surface area contributed by atoms with Crippen molar-refractivity contribution in [1.82, 2.24) is 29.9 Å². The predicted octanol–water partition coefficient (Wildman–Crippen LogP) is 2.12. The van der Waals surface area contributed by atoms with Crippen LogP contribution in [0.4, 0.5) is 16.6 Å². The monoisotopic (exact) mass is 452 g/mol. The quantitative estimate of drug-likeness (QED) is 0.583. The molecule has 3 aromatic rings. The van der Waals surface area contributed by atoms with E-state index in [-0.39, 0.29) is 5.41 Å². The summed E-state index contributed by atoms with van der Waals surface area (Å²) in [5.41, 5.74) is 2.09. The van der Waals surface area contributed by atoms with Gasteiger partial charge in [-0.05, 0) is 35.9 Å². The third-order valence-corrected chi connectivity index (χ3v) is 6.63. The van der Waals surface area contributed by atoms with Gasteiger partial charge in [0.25, 0.3) is 0 Å². The highest BCUT2D eigenvalue weighted by atomic mass is 35.5. The number of anilines is 2. The Morgan fingerprint density at radius 2 is 1.88 bits per heavy atom. The average molecular weight is 453 g/mol. The van der Waals surface area contributed by atoms with Crippen molar-refractivity contribution in [2.75, 3.05) is 43.1 Å². The highest BCUT2D eigenvalue weighted by Gasteiger charge is 2.53. The Hall–Kier alpha value is -3.40. The molecular formula is C21H21ClN8O2. The van der Waals surface area contributed by atoms with E-state index in [1.165, 1.54) is 7.11 Å². The smallest absolute Gasteiger partial charge is 0.410 e. The summed E-state index contributed by atoms with van der Waals surface area (Å²) < 4.78 is 7.00. The highest BCUT2D eigenvalue weighted by Crippen LogP contribution is 2.43. The van der Waals surface area contributed by atoms with Crippen molar-refractivity contribution in [3.63, 3.8) is 0 Å². The molecule has 0 aliphatic carbocycles. The first-order chi connectivity index (χ1) is 15.5. The van der Waals surface area contributed by atoms with E-state index in [9.17, 15) is 4.79 Å². The van der Waals surface area contributed by atoms with Crippen molar-refractivity contribution < 1.29 is 9.53 Å². The van der Waals surface area contributed by atoms with Crippen LogP contribution in [0.5, 0.6) is 0 Å². The van der Waals surface area contributed by atoms with Crippen LogP contribution in [-0.2, 0) is 17.8 Å². The Bertz CT molecular complexity index is 1190. The van der Waals surface area contributed by atoms with E-state index in [0.717, 1.165) is 49.2 Å². The standard InChI is InChI=1S/C21H21ClN8O2/c1-32-20(31)27-8-14-7-15(22)4-5-16(14)30-18(9-27)25-26-19(30)29-12-21(13-29)10-28(11-21)17-3-2-6-23-24-17/h2-7H,8-13H2,1H3. The Balaban J connectivity index is 1.27. The molecular weight excluding hydrogens is 432 g/mol. The zero-order valence-electron chi connectivity index (χ0n) is 17.5. The van der Waals surface area contributed by atoms with E-state index in [1.807, 2.05) is 34.9 Å². The Labute approximate surface area is 189 Å². The summed E-state index contributed by atoms with van der Waals surface area (Å²) in [7, 11) is 1.38. The largest absolute Gasteiger partial charge is 0.453 e. The van der Waals surface area contributed by atoms with Gasteiger partial charge >= 0.3 is 6.09 Å². The molecule has 1 spiro atoms. The number of aromatic nitrogens is 5. The lowest BCUT2D eigenvalue weighted by Gasteiger charge is -2.60. The van der Waals surface area contributed by atoms with Crippen LogP contribution in [0.25, 0.3) is 5.69 Å². The maximum atomic E-state index is 12.3. The Morgan fingerprint density at radius 3 is 2.62 bits per heavy atom. The van der Waals surface area contributed by atoms with E-state index < -0.39 is 6.09 Å². The van der Waals surface area contributed by atoms with Gasteiger partial charge in [-0.15, -0.1) is 15.3 Å². The second-order valence-electron chi connectivity index (χ2n) is 8.64. The fourth-order valence-corrected chi connectivity index (χ4v) is 5.14. The molecule has 0 unspecified atom stereocenters. The zero-order valence-corrected chi connectivity index (χ0v) is 18.2. The van der Waals surface area contributed by atoms with Gasteiger partial charge in [0, 0.05) is 42.8 Å². The van der Waals surface area contributed by atoms with Crippen molar-refractivity contribution in [2.45, 2.75) is 13.1 Å². The summed E-state index contributed by atoms with van der Waals surface area (Å²) in [6.45, 7) is 4.39. The van der Waals surface area contributed by atoms with Gasteiger partial charge in [-0.2, -0.15) is 5.10 Å². The summed E-state index contributed by atoms with van der Waals surface area (Å²) in [6, 6.07) is 9.60. The molecule has 0 saturated carbocycles. The molecule has 0 bridgehead atoms. The number of methoxy groups -OCH3 is 1. The van der Waals surface area contributed by atoms with Gasteiger partial charge in [-0.1, -0.05) is 11.6 Å². The molecule has 0 N–H and O–H groups in total. The number of fused-ring (bicyclic) bond motifs is 3. The maximum absolute atomic E-state index is 12.3. The molecule has 1 aromatic carbocycles. The van der Waals surface area contributed by atoms with Gasteiger partial charge in [-0.25, -0.2) is 4.79 Å². The fraction of sp³-hybridized carbons (Fsp3) is 0.381. The van der Waals surface area contributed by atoms with Gasteiger partial charge in [0.15, 0.2) is 11.6 Å². The van der Waals surface area contributed by atoms with E-state index >= 15 is 0 Å². The van der Waals surface area contributed by atoms with Crippen LogP contribution in [0.15, 0.2) is 36.5 Å². The molecule has 3 aliphatic heterocycles. The minimum atomic E-state index is -0.407. The predicted molar refractivity (Wildman–Crippen MR) is 117 cm³/mol. The maximum Gasteiger partial charge on any atom is 0.410 e. The molecule has 0 atom stereocenters. The van der Waals surface area contributed by atoms with Crippen LogP contribution < -0.4 is 9.80 Å². The SMILES string of the molecule is COC(=O)N1Cc2cc(Cl)ccc2-n2c(nnc2N2CC3(CN(c4cccnn4)C3)C2)C1. The van der Waals surface area contributed by atoms with Crippen molar-refractivity contribution in [3.8, 4) is 5.69 Å². The van der Waals surface area contributed by atoms with Crippen molar-refractivity contribution in [3.05, 3.63) is 52.9 Å². The zero-order chi connectivity index (χ0) is 21.9. The van der Waals surface area contributed by atoms with Crippen LogP contribution in [0.3, 0.4) is 0 Å². The lowest BCUT2D eigenvalue weighted by atomic mass is 9.73. The van der Waals surface area contributed by atoms with Crippen LogP contribution in [0.1, 0.15) is 11.4 Å². The number of amides is 1. The topological polar surface area (TPSA) is 92.5 Å².